The maximum atomic E-state index is 12.8. The van der Waals surface area contributed by atoms with E-state index < -0.39 is 14.9 Å². The fraction of sp³-hybridized carbons (Fsp3) is 0.625. The predicted octanol–water partition coefficient (Wildman–Crippen LogP) is 1.12. The quantitative estimate of drug-likeness (QED) is 0.579. The second-order valence-electron chi connectivity index (χ2n) is 6.66. The Morgan fingerprint density at radius 3 is 2.65 bits per heavy atom. The highest BCUT2D eigenvalue weighted by atomic mass is 32.2. The standard InChI is InChI=1S/C16H24N4O5S/c1-18-6-8-19(9-7-18)26(23,24)14-4-5-15(16(11-14)20(21)22)17-12-13-3-2-10-25-13/h4-5,11,13,17H,2-3,6-10,12H2,1H3/t13-/m1/s1. The lowest BCUT2D eigenvalue weighted by Crippen LogP contribution is -2.47. The van der Waals surface area contributed by atoms with Crippen LogP contribution in [0.5, 0.6) is 0 Å². The van der Waals surface area contributed by atoms with Crippen LogP contribution in [0, 0.1) is 10.1 Å². The Kier molecular flexibility index (Phi) is 5.76. The summed E-state index contributed by atoms with van der Waals surface area (Å²) in [4.78, 5) is 12.9. The highest BCUT2D eigenvalue weighted by Gasteiger charge is 2.29. The lowest BCUT2D eigenvalue weighted by atomic mass is 10.2. The van der Waals surface area contributed by atoms with Crippen LogP contribution in [-0.2, 0) is 14.8 Å². The van der Waals surface area contributed by atoms with E-state index in [1.165, 1.54) is 16.4 Å². The molecule has 0 unspecified atom stereocenters. The number of rotatable bonds is 6. The molecule has 2 saturated heterocycles. The van der Waals surface area contributed by atoms with Gasteiger partial charge in [-0.3, -0.25) is 10.1 Å². The third-order valence-corrected chi connectivity index (χ3v) is 6.70. The van der Waals surface area contributed by atoms with Crippen LogP contribution in [0.3, 0.4) is 0 Å². The molecule has 1 aromatic carbocycles. The van der Waals surface area contributed by atoms with E-state index in [9.17, 15) is 18.5 Å². The average molecular weight is 384 g/mol. The number of ether oxygens (including phenoxy) is 1. The molecule has 0 aromatic heterocycles. The van der Waals surface area contributed by atoms with Gasteiger partial charge in [0.05, 0.1) is 15.9 Å². The number of nitro groups is 1. The third kappa shape index (κ3) is 4.14. The van der Waals surface area contributed by atoms with Crippen molar-refractivity contribution in [1.82, 2.24) is 9.21 Å². The van der Waals surface area contributed by atoms with Crippen molar-refractivity contribution < 1.29 is 18.1 Å². The van der Waals surface area contributed by atoms with Crippen LogP contribution in [0.1, 0.15) is 12.8 Å². The summed E-state index contributed by atoms with van der Waals surface area (Å²) in [6.45, 7) is 3.21. The summed E-state index contributed by atoms with van der Waals surface area (Å²) in [5, 5.41) is 14.5. The maximum Gasteiger partial charge on any atom is 0.293 e. The molecular formula is C16H24N4O5S. The average Bonchev–Trinajstić information content (AvgIpc) is 3.13. The van der Waals surface area contributed by atoms with Crippen molar-refractivity contribution >= 4 is 21.4 Å². The number of anilines is 1. The zero-order valence-electron chi connectivity index (χ0n) is 14.8. The smallest absolute Gasteiger partial charge is 0.293 e. The minimum Gasteiger partial charge on any atom is -0.377 e. The first kappa shape index (κ1) is 19.0. The Hall–Kier alpha value is -1.75. The number of nitrogens with zero attached hydrogens (tertiary/aromatic N) is 3. The molecular weight excluding hydrogens is 360 g/mol. The van der Waals surface area contributed by atoms with Crippen molar-refractivity contribution in [1.29, 1.82) is 0 Å². The van der Waals surface area contributed by atoms with Gasteiger partial charge in [-0.2, -0.15) is 4.31 Å². The molecule has 1 atom stereocenters. The minimum absolute atomic E-state index is 0.0309. The maximum absolute atomic E-state index is 12.8. The summed E-state index contributed by atoms with van der Waals surface area (Å²) >= 11 is 0. The van der Waals surface area contributed by atoms with Gasteiger partial charge in [-0.25, -0.2) is 8.42 Å². The van der Waals surface area contributed by atoms with Gasteiger partial charge < -0.3 is 15.0 Å². The summed E-state index contributed by atoms with van der Waals surface area (Å²) in [7, 11) is -1.81. The number of piperazine rings is 1. The van der Waals surface area contributed by atoms with Crippen LogP contribution in [0.4, 0.5) is 11.4 Å². The Morgan fingerprint density at radius 2 is 2.04 bits per heavy atom. The molecule has 1 aromatic rings. The van der Waals surface area contributed by atoms with E-state index in [0.29, 0.717) is 45.0 Å². The Morgan fingerprint density at radius 1 is 1.31 bits per heavy atom. The summed E-state index contributed by atoms with van der Waals surface area (Å²) < 4.78 is 32.5. The molecule has 0 saturated carbocycles. The number of hydrogen-bond acceptors (Lipinski definition) is 7. The summed E-state index contributed by atoms with van der Waals surface area (Å²) in [5.74, 6) is 0. The van der Waals surface area contributed by atoms with Gasteiger partial charge in [0.1, 0.15) is 5.69 Å². The van der Waals surface area contributed by atoms with Crippen LogP contribution >= 0.6 is 0 Å². The van der Waals surface area contributed by atoms with Crippen molar-refractivity contribution in [3.63, 3.8) is 0 Å². The van der Waals surface area contributed by atoms with Crippen molar-refractivity contribution in [2.75, 3.05) is 51.7 Å². The van der Waals surface area contributed by atoms with Gasteiger partial charge in [0, 0.05) is 45.4 Å². The molecule has 0 spiro atoms. The summed E-state index contributed by atoms with van der Waals surface area (Å²) in [6, 6.07) is 4.04. The van der Waals surface area contributed by atoms with E-state index in [0.717, 1.165) is 18.9 Å². The predicted molar refractivity (Wildman–Crippen MR) is 96.8 cm³/mol. The Bertz CT molecular complexity index is 756. The number of hydrogen-bond donors (Lipinski definition) is 1. The first-order valence-electron chi connectivity index (χ1n) is 8.70. The van der Waals surface area contributed by atoms with Gasteiger partial charge in [0.2, 0.25) is 10.0 Å². The normalized spacial score (nSPS) is 22.4. The lowest BCUT2D eigenvalue weighted by Gasteiger charge is -2.31. The number of nitro benzene ring substituents is 1. The number of benzene rings is 1. The SMILES string of the molecule is CN1CCN(S(=O)(=O)c2ccc(NC[C@H]3CCCO3)c([N+](=O)[O-])c2)CC1. The second kappa shape index (κ2) is 7.87. The molecule has 1 N–H and O–H groups in total. The van der Waals surface area contributed by atoms with Gasteiger partial charge in [-0.15, -0.1) is 0 Å². The monoisotopic (exact) mass is 384 g/mol. The van der Waals surface area contributed by atoms with Gasteiger partial charge in [0.15, 0.2) is 0 Å². The fourth-order valence-electron chi connectivity index (χ4n) is 3.18. The van der Waals surface area contributed by atoms with E-state index in [1.54, 1.807) is 0 Å². The molecule has 2 heterocycles. The van der Waals surface area contributed by atoms with Crippen LogP contribution in [0.2, 0.25) is 0 Å². The number of likely N-dealkylation sites (N-methyl/N-ethyl adjacent to an activating group) is 1. The van der Waals surface area contributed by atoms with E-state index in [-0.39, 0.29) is 16.7 Å². The van der Waals surface area contributed by atoms with E-state index in [4.69, 9.17) is 4.74 Å². The second-order valence-corrected chi connectivity index (χ2v) is 8.60. The zero-order chi connectivity index (χ0) is 18.7. The van der Waals surface area contributed by atoms with Crippen molar-refractivity contribution in [2.24, 2.45) is 0 Å². The van der Waals surface area contributed by atoms with Crippen LogP contribution in [-0.4, -0.2) is 75.0 Å². The Balaban J connectivity index is 1.79. The van der Waals surface area contributed by atoms with E-state index >= 15 is 0 Å². The van der Waals surface area contributed by atoms with Crippen LogP contribution in [0.15, 0.2) is 23.1 Å². The molecule has 0 aliphatic carbocycles. The molecule has 3 rings (SSSR count). The number of nitrogens with one attached hydrogen (secondary N) is 1. The van der Waals surface area contributed by atoms with Crippen molar-refractivity contribution in [3.05, 3.63) is 28.3 Å². The fourth-order valence-corrected chi connectivity index (χ4v) is 4.62. The highest BCUT2D eigenvalue weighted by Crippen LogP contribution is 2.29. The number of sulfonamides is 1. The van der Waals surface area contributed by atoms with E-state index in [2.05, 4.69) is 5.32 Å². The van der Waals surface area contributed by atoms with Gasteiger partial charge in [-0.1, -0.05) is 0 Å². The molecule has 2 aliphatic rings. The van der Waals surface area contributed by atoms with Crippen LogP contribution < -0.4 is 5.32 Å². The van der Waals surface area contributed by atoms with Crippen molar-refractivity contribution in [3.8, 4) is 0 Å². The minimum atomic E-state index is -3.74. The lowest BCUT2D eigenvalue weighted by molar-refractivity contribution is -0.384. The van der Waals surface area contributed by atoms with E-state index in [1.807, 2.05) is 11.9 Å². The molecule has 0 amide bonds. The molecule has 9 nitrogen and oxygen atoms in total. The van der Waals surface area contributed by atoms with Gasteiger partial charge >= 0.3 is 0 Å². The molecule has 2 aliphatic heterocycles. The molecule has 0 radical (unpaired) electrons. The Labute approximate surface area is 153 Å². The molecule has 0 bridgehead atoms. The van der Waals surface area contributed by atoms with Gasteiger partial charge in [-0.05, 0) is 32.0 Å². The first-order chi connectivity index (χ1) is 12.4. The summed E-state index contributed by atoms with van der Waals surface area (Å²) in [5.41, 5.74) is 0.0704. The van der Waals surface area contributed by atoms with Gasteiger partial charge in [0.25, 0.3) is 5.69 Å². The molecule has 2 fully saturated rings. The molecule has 144 valence electrons. The van der Waals surface area contributed by atoms with Crippen LogP contribution in [0.25, 0.3) is 0 Å². The highest BCUT2D eigenvalue weighted by molar-refractivity contribution is 7.89. The zero-order valence-corrected chi connectivity index (χ0v) is 15.6. The molecule has 10 heteroatoms. The van der Waals surface area contributed by atoms with Crippen molar-refractivity contribution in [2.45, 2.75) is 23.8 Å². The summed E-state index contributed by atoms with van der Waals surface area (Å²) in [6.07, 6.45) is 1.93. The topological polar surface area (TPSA) is 105 Å². The third-order valence-electron chi connectivity index (χ3n) is 4.81. The molecule has 26 heavy (non-hydrogen) atoms. The first-order valence-corrected chi connectivity index (χ1v) is 10.1. The largest absolute Gasteiger partial charge is 0.377 e.